The van der Waals surface area contributed by atoms with Crippen LogP contribution >= 0.6 is 0 Å². The van der Waals surface area contributed by atoms with Crippen molar-refractivity contribution >= 4 is 27.7 Å². The molecule has 0 spiro atoms. The first kappa shape index (κ1) is 22.5. The van der Waals surface area contributed by atoms with Crippen molar-refractivity contribution in [3.8, 4) is 0 Å². The van der Waals surface area contributed by atoms with Crippen LogP contribution in [0.2, 0.25) is 0 Å². The van der Waals surface area contributed by atoms with Gasteiger partial charge in [0.2, 0.25) is 5.91 Å². The van der Waals surface area contributed by atoms with E-state index in [4.69, 9.17) is 0 Å². The maximum absolute atomic E-state index is 12.5. The third kappa shape index (κ3) is 4.93. The van der Waals surface area contributed by atoms with Gasteiger partial charge in [-0.25, -0.2) is 8.42 Å². The topological polar surface area (TPSA) is 108 Å². The zero-order valence-electron chi connectivity index (χ0n) is 17.9. The van der Waals surface area contributed by atoms with Crippen molar-refractivity contribution in [2.24, 2.45) is 4.99 Å². The van der Waals surface area contributed by atoms with Crippen LogP contribution < -0.4 is 10.0 Å². The van der Waals surface area contributed by atoms with Crippen molar-refractivity contribution in [1.29, 1.82) is 0 Å². The Labute approximate surface area is 182 Å². The van der Waals surface area contributed by atoms with E-state index in [1.807, 2.05) is 13.8 Å². The normalized spacial score (nSPS) is 16.5. The van der Waals surface area contributed by atoms with Crippen LogP contribution in [-0.2, 0) is 21.4 Å². The standard InChI is InChI=1S/C22H26N4O4S/c1-14(2)26(4)22(28)17-11-9-16(10-12-17)13-23-21(27)15(3)24-20-18-7-5-6-8-19(18)31(29,30)25-20/h5-12,14-15H,13H2,1-4H3,(H,23,27)(H,24,25)/t15-/m0/s1. The number of sulfonamides is 1. The van der Waals surface area contributed by atoms with Gasteiger partial charge in [0.05, 0.1) is 4.90 Å². The van der Waals surface area contributed by atoms with E-state index in [0.29, 0.717) is 11.1 Å². The number of benzene rings is 2. The number of carbonyl (C=O) groups excluding carboxylic acids is 2. The van der Waals surface area contributed by atoms with E-state index in [1.54, 1.807) is 61.3 Å². The fourth-order valence-corrected chi connectivity index (χ4v) is 4.26. The number of amidine groups is 1. The summed E-state index contributed by atoms with van der Waals surface area (Å²) in [7, 11) is -1.89. The van der Waals surface area contributed by atoms with E-state index >= 15 is 0 Å². The number of hydrogen-bond acceptors (Lipinski definition) is 5. The summed E-state index contributed by atoms with van der Waals surface area (Å²) in [6, 6.07) is 12.9. The summed E-state index contributed by atoms with van der Waals surface area (Å²) < 4.78 is 26.7. The maximum atomic E-state index is 12.5. The van der Waals surface area contributed by atoms with Gasteiger partial charge in [0, 0.05) is 30.8 Å². The van der Waals surface area contributed by atoms with Crippen LogP contribution in [0.15, 0.2) is 58.4 Å². The quantitative estimate of drug-likeness (QED) is 0.712. The molecule has 9 heteroatoms. The summed E-state index contributed by atoms with van der Waals surface area (Å²) in [5.74, 6) is -0.236. The van der Waals surface area contributed by atoms with Crippen LogP contribution in [0, 0.1) is 0 Å². The number of aliphatic imine (C=N–C) groups is 1. The Hall–Kier alpha value is -3.20. The SMILES string of the molecule is CC(C)N(C)C(=O)c1ccc(CNC(=O)[C@H](C)N=C2NS(=O)(=O)c3ccccc32)cc1. The Balaban J connectivity index is 1.63. The predicted octanol–water partition coefficient (Wildman–Crippen LogP) is 1.91. The smallest absolute Gasteiger partial charge is 0.263 e. The van der Waals surface area contributed by atoms with Gasteiger partial charge in [-0.05, 0) is 50.6 Å². The third-order valence-corrected chi connectivity index (χ3v) is 6.52. The van der Waals surface area contributed by atoms with Crippen LogP contribution in [0.4, 0.5) is 0 Å². The van der Waals surface area contributed by atoms with E-state index in [1.165, 1.54) is 6.07 Å². The van der Waals surface area contributed by atoms with E-state index < -0.39 is 16.1 Å². The van der Waals surface area contributed by atoms with Crippen LogP contribution in [0.1, 0.15) is 42.3 Å². The molecule has 0 radical (unpaired) electrons. The molecule has 164 valence electrons. The molecule has 1 aliphatic heterocycles. The molecule has 0 saturated carbocycles. The molecule has 0 saturated heterocycles. The minimum atomic E-state index is -3.65. The molecular formula is C22H26N4O4S. The predicted molar refractivity (Wildman–Crippen MR) is 118 cm³/mol. The van der Waals surface area contributed by atoms with Gasteiger partial charge < -0.3 is 10.2 Å². The van der Waals surface area contributed by atoms with Crippen molar-refractivity contribution in [2.75, 3.05) is 7.05 Å². The van der Waals surface area contributed by atoms with Crippen molar-refractivity contribution in [3.63, 3.8) is 0 Å². The number of carbonyl (C=O) groups is 2. The number of rotatable bonds is 6. The molecule has 1 heterocycles. The molecule has 2 N–H and O–H groups in total. The van der Waals surface area contributed by atoms with Crippen LogP contribution in [0.5, 0.6) is 0 Å². The van der Waals surface area contributed by atoms with Gasteiger partial charge in [0.1, 0.15) is 11.9 Å². The number of nitrogens with zero attached hydrogens (tertiary/aromatic N) is 2. The van der Waals surface area contributed by atoms with E-state index in [2.05, 4.69) is 15.0 Å². The van der Waals surface area contributed by atoms with Gasteiger partial charge in [0.25, 0.3) is 15.9 Å². The zero-order chi connectivity index (χ0) is 22.8. The third-order valence-electron chi connectivity index (χ3n) is 5.13. The van der Waals surface area contributed by atoms with Crippen molar-refractivity contribution in [1.82, 2.24) is 14.9 Å². The Morgan fingerprint density at radius 2 is 1.71 bits per heavy atom. The number of hydrogen-bond donors (Lipinski definition) is 2. The van der Waals surface area contributed by atoms with Gasteiger partial charge in [-0.1, -0.05) is 24.3 Å². The van der Waals surface area contributed by atoms with Crippen LogP contribution in [-0.4, -0.2) is 50.1 Å². The molecule has 8 nitrogen and oxygen atoms in total. The largest absolute Gasteiger partial charge is 0.350 e. The molecule has 0 unspecified atom stereocenters. The molecule has 0 aromatic heterocycles. The van der Waals surface area contributed by atoms with Crippen molar-refractivity contribution in [3.05, 3.63) is 65.2 Å². The molecule has 2 aromatic rings. The van der Waals surface area contributed by atoms with Gasteiger partial charge in [-0.15, -0.1) is 0 Å². The van der Waals surface area contributed by atoms with E-state index in [9.17, 15) is 18.0 Å². The molecule has 1 atom stereocenters. The number of nitrogens with one attached hydrogen (secondary N) is 2. The highest BCUT2D eigenvalue weighted by Gasteiger charge is 2.31. The molecule has 2 amide bonds. The van der Waals surface area contributed by atoms with Crippen molar-refractivity contribution in [2.45, 2.75) is 44.3 Å². The molecule has 1 aliphatic rings. The first-order valence-corrected chi connectivity index (χ1v) is 11.4. The summed E-state index contributed by atoms with van der Waals surface area (Å²) in [6.45, 7) is 5.76. The van der Waals surface area contributed by atoms with Gasteiger partial charge in [-0.2, -0.15) is 0 Å². The molecular weight excluding hydrogens is 416 g/mol. The Bertz CT molecular complexity index is 1120. The highest BCUT2D eigenvalue weighted by atomic mass is 32.2. The minimum absolute atomic E-state index is 0.0608. The second kappa shape index (κ2) is 8.89. The summed E-state index contributed by atoms with van der Waals surface area (Å²) in [5.41, 5.74) is 1.87. The lowest BCUT2D eigenvalue weighted by Crippen LogP contribution is -2.34. The summed E-state index contributed by atoms with van der Waals surface area (Å²) in [4.78, 5) is 30.9. The average molecular weight is 443 g/mol. The van der Waals surface area contributed by atoms with Gasteiger partial charge >= 0.3 is 0 Å². The summed E-state index contributed by atoms with van der Waals surface area (Å²) >= 11 is 0. The molecule has 0 aliphatic carbocycles. The van der Waals surface area contributed by atoms with E-state index in [0.717, 1.165) is 5.56 Å². The molecule has 31 heavy (non-hydrogen) atoms. The molecule has 2 aromatic carbocycles. The fraction of sp³-hybridized carbons (Fsp3) is 0.318. The highest BCUT2D eigenvalue weighted by molar-refractivity contribution is 7.90. The summed E-state index contributed by atoms with van der Waals surface area (Å²) in [6.07, 6.45) is 0. The van der Waals surface area contributed by atoms with E-state index in [-0.39, 0.29) is 35.1 Å². The van der Waals surface area contributed by atoms with Crippen LogP contribution in [0.25, 0.3) is 0 Å². The summed E-state index contributed by atoms with van der Waals surface area (Å²) in [5, 5.41) is 2.79. The molecule has 0 bridgehead atoms. The second-order valence-electron chi connectivity index (χ2n) is 7.68. The fourth-order valence-electron chi connectivity index (χ4n) is 3.02. The van der Waals surface area contributed by atoms with Crippen LogP contribution in [0.3, 0.4) is 0 Å². The maximum Gasteiger partial charge on any atom is 0.263 e. The molecule has 0 fully saturated rings. The average Bonchev–Trinajstić information content (AvgIpc) is 3.01. The monoisotopic (exact) mass is 442 g/mol. The lowest BCUT2D eigenvalue weighted by Gasteiger charge is -2.21. The zero-order valence-corrected chi connectivity index (χ0v) is 18.7. The first-order chi connectivity index (χ1) is 14.6. The Kier molecular flexibility index (Phi) is 6.45. The Morgan fingerprint density at radius 1 is 1.06 bits per heavy atom. The lowest BCUT2D eigenvalue weighted by molar-refractivity contribution is -0.122. The van der Waals surface area contributed by atoms with Crippen molar-refractivity contribution < 1.29 is 18.0 Å². The lowest BCUT2D eigenvalue weighted by atomic mass is 10.1. The number of fused-ring (bicyclic) bond motifs is 1. The Morgan fingerprint density at radius 3 is 2.35 bits per heavy atom. The van der Waals surface area contributed by atoms with Gasteiger partial charge in [-0.3, -0.25) is 19.3 Å². The molecule has 3 rings (SSSR count). The minimum Gasteiger partial charge on any atom is -0.350 e. The number of amides is 2. The second-order valence-corrected chi connectivity index (χ2v) is 9.33. The first-order valence-electron chi connectivity index (χ1n) is 9.94. The highest BCUT2D eigenvalue weighted by Crippen LogP contribution is 2.22. The van der Waals surface area contributed by atoms with Gasteiger partial charge in [0.15, 0.2) is 0 Å².